The number of aldehydes is 1. The average molecular weight is 144 g/mol. The third kappa shape index (κ3) is 2.39. The highest BCUT2D eigenvalue weighted by Gasteiger charge is 2.16. The number of carbonyl (C=O) groups is 1. The van der Waals surface area contributed by atoms with Gasteiger partial charge in [-0.3, -0.25) is 0 Å². The van der Waals surface area contributed by atoms with Gasteiger partial charge in [-0.15, -0.1) is 0 Å². The molecule has 9 heavy (non-hydrogen) atoms. The number of hydrogen-bond acceptors (Lipinski definition) is 2. The van der Waals surface area contributed by atoms with E-state index < -0.39 is 0 Å². The van der Waals surface area contributed by atoms with Gasteiger partial charge in [-0.1, -0.05) is 0 Å². The van der Waals surface area contributed by atoms with Crippen molar-refractivity contribution >= 4 is 18.0 Å². The van der Waals surface area contributed by atoms with Gasteiger partial charge < -0.3 is 4.79 Å². The SMILES string of the molecule is O=CCCCC1CSC1. The fraction of sp³-hybridized carbons (Fsp3) is 0.857. The summed E-state index contributed by atoms with van der Waals surface area (Å²) in [6, 6.07) is 0. The first-order chi connectivity index (χ1) is 4.43. The summed E-state index contributed by atoms with van der Waals surface area (Å²) in [5.74, 6) is 3.60. The van der Waals surface area contributed by atoms with Crippen molar-refractivity contribution in [3.05, 3.63) is 0 Å². The van der Waals surface area contributed by atoms with Gasteiger partial charge in [0.25, 0.3) is 0 Å². The lowest BCUT2D eigenvalue weighted by atomic mass is 10.1. The Morgan fingerprint density at radius 1 is 1.56 bits per heavy atom. The summed E-state index contributed by atoms with van der Waals surface area (Å²) in [5.41, 5.74) is 0. The molecule has 2 heteroatoms. The predicted octanol–water partition coefficient (Wildman–Crippen LogP) is 1.72. The van der Waals surface area contributed by atoms with Crippen LogP contribution < -0.4 is 0 Å². The standard InChI is InChI=1S/C7H12OS/c8-4-2-1-3-7-5-9-6-7/h4,7H,1-3,5-6H2. The van der Waals surface area contributed by atoms with E-state index in [0.717, 1.165) is 25.0 Å². The van der Waals surface area contributed by atoms with Crippen molar-refractivity contribution in [3.63, 3.8) is 0 Å². The molecule has 0 aromatic heterocycles. The van der Waals surface area contributed by atoms with Crippen molar-refractivity contribution in [2.45, 2.75) is 19.3 Å². The van der Waals surface area contributed by atoms with E-state index >= 15 is 0 Å². The molecule has 0 radical (unpaired) electrons. The normalized spacial score (nSPS) is 19.1. The molecule has 0 aliphatic carbocycles. The molecule has 0 saturated carbocycles. The Hall–Kier alpha value is 0.0200. The average Bonchev–Trinajstić information content (AvgIpc) is 1.76. The first-order valence-corrected chi connectivity index (χ1v) is 4.60. The molecule has 1 fully saturated rings. The highest BCUT2D eigenvalue weighted by Crippen LogP contribution is 2.28. The van der Waals surface area contributed by atoms with Crippen LogP contribution in [0.5, 0.6) is 0 Å². The number of hydrogen-bond donors (Lipinski definition) is 0. The van der Waals surface area contributed by atoms with Crippen LogP contribution in [0.4, 0.5) is 0 Å². The summed E-state index contributed by atoms with van der Waals surface area (Å²) in [6.07, 6.45) is 4.16. The molecule has 1 saturated heterocycles. The van der Waals surface area contributed by atoms with Gasteiger partial charge in [-0.25, -0.2) is 0 Å². The van der Waals surface area contributed by atoms with Crippen LogP contribution in [0.15, 0.2) is 0 Å². The van der Waals surface area contributed by atoms with Crippen LogP contribution in [0, 0.1) is 5.92 Å². The highest BCUT2D eigenvalue weighted by atomic mass is 32.2. The molecule has 0 aromatic rings. The zero-order chi connectivity index (χ0) is 6.53. The smallest absolute Gasteiger partial charge is 0.119 e. The van der Waals surface area contributed by atoms with Gasteiger partial charge in [-0.2, -0.15) is 11.8 Å². The molecule has 1 heterocycles. The third-order valence-electron chi connectivity index (χ3n) is 1.64. The van der Waals surface area contributed by atoms with Crippen molar-refractivity contribution in [3.8, 4) is 0 Å². The first-order valence-electron chi connectivity index (χ1n) is 3.45. The van der Waals surface area contributed by atoms with Gasteiger partial charge in [0, 0.05) is 6.42 Å². The molecule has 0 N–H and O–H groups in total. The van der Waals surface area contributed by atoms with Gasteiger partial charge in [0.2, 0.25) is 0 Å². The predicted molar refractivity (Wildman–Crippen MR) is 40.7 cm³/mol. The summed E-state index contributed by atoms with van der Waals surface area (Å²) in [5, 5.41) is 0. The van der Waals surface area contributed by atoms with Gasteiger partial charge in [-0.05, 0) is 30.3 Å². The maximum atomic E-state index is 9.89. The second-order valence-electron chi connectivity index (χ2n) is 2.50. The number of rotatable bonds is 4. The Labute approximate surface area is 60.2 Å². The topological polar surface area (TPSA) is 17.1 Å². The summed E-state index contributed by atoms with van der Waals surface area (Å²) in [6.45, 7) is 0. The second-order valence-corrected chi connectivity index (χ2v) is 3.58. The lowest BCUT2D eigenvalue weighted by Gasteiger charge is -2.23. The monoisotopic (exact) mass is 144 g/mol. The number of unbranched alkanes of at least 4 members (excludes halogenated alkanes) is 1. The molecule has 0 aromatic carbocycles. The lowest BCUT2D eigenvalue weighted by molar-refractivity contribution is -0.107. The summed E-state index contributed by atoms with van der Waals surface area (Å²) in [4.78, 5) is 9.89. The van der Waals surface area contributed by atoms with E-state index in [1.54, 1.807) is 0 Å². The number of carbonyl (C=O) groups excluding carboxylic acids is 1. The second kappa shape index (κ2) is 3.94. The summed E-state index contributed by atoms with van der Waals surface area (Å²) < 4.78 is 0. The van der Waals surface area contributed by atoms with Gasteiger partial charge in [0.05, 0.1) is 0 Å². The van der Waals surface area contributed by atoms with Gasteiger partial charge in [0.15, 0.2) is 0 Å². The van der Waals surface area contributed by atoms with E-state index in [1.807, 2.05) is 11.8 Å². The van der Waals surface area contributed by atoms with Crippen molar-refractivity contribution in [2.75, 3.05) is 11.5 Å². The van der Waals surface area contributed by atoms with Crippen LogP contribution in [-0.4, -0.2) is 17.8 Å². The Balaban J connectivity index is 1.85. The van der Waals surface area contributed by atoms with Crippen LogP contribution in [0.1, 0.15) is 19.3 Å². The van der Waals surface area contributed by atoms with Gasteiger partial charge in [0.1, 0.15) is 6.29 Å². The zero-order valence-electron chi connectivity index (χ0n) is 5.51. The minimum absolute atomic E-state index is 0.765. The lowest BCUT2D eigenvalue weighted by Crippen LogP contribution is -2.17. The quantitative estimate of drug-likeness (QED) is 0.441. The minimum atomic E-state index is 0.765. The van der Waals surface area contributed by atoms with Crippen molar-refractivity contribution in [1.29, 1.82) is 0 Å². The Bertz CT molecular complexity index is 88.9. The van der Waals surface area contributed by atoms with Crippen LogP contribution >= 0.6 is 11.8 Å². The van der Waals surface area contributed by atoms with E-state index in [-0.39, 0.29) is 0 Å². The Kier molecular flexibility index (Phi) is 3.12. The minimum Gasteiger partial charge on any atom is -0.303 e. The molecule has 0 amide bonds. The fourth-order valence-electron chi connectivity index (χ4n) is 0.941. The van der Waals surface area contributed by atoms with Gasteiger partial charge >= 0.3 is 0 Å². The molecule has 1 rings (SSSR count). The first kappa shape index (κ1) is 7.13. The summed E-state index contributed by atoms with van der Waals surface area (Å²) in [7, 11) is 0. The zero-order valence-corrected chi connectivity index (χ0v) is 6.32. The van der Waals surface area contributed by atoms with E-state index in [2.05, 4.69) is 0 Å². The third-order valence-corrected chi connectivity index (χ3v) is 3.06. The van der Waals surface area contributed by atoms with Crippen LogP contribution in [0.25, 0.3) is 0 Å². The van der Waals surface area contributed by atoms with Crippen LogP contribution in [-0.2, 0) is 4.79 Å². The van der Waals surface area contributed by atoms with E-state index in [1.165, 1.54) is 17.9 Å². The maximum absolute atomic E-state index is 9.89. The molecule has 1 aliphatic heterocycles. The molecule has 0 atom stereocenters. The van der Waals surface area contributed by atoms with Crippen molar-refractivity contribution in [2.24, 2.45) is 5.92 Å². The molecule has 0 bridgehead atoms. The summed E-state index contributed by atoms with van der Waals surface area (Å²) >= 11 is 2.01. The molecule has 1 aliphatic rings. The van der Waals surface area contributed by atoms with E-state index in [4.69, 9.17) is 0 Å². The molecule has 0 spiro atoms. The van der Waals surface area contributed by atoms with Crippen LogP contribution in [0.3, 0.4) is 0 Å². The Morgan fingerprint density at radius 2 is 2.33 bits per heavy atom. The highest BCUT2D eigenvalue weighted by molar-refractivity contribution is 8.00. The molecule has 52 valence electrons. The molecular formula is C7H12OS. The molecule has 0 unspecified atom stereocenters. The van der Waals surface area contributed by atoms with Crippen LogP contribution in [0.2, 0.25) is 0 Å². The van der Waals surface area contributed by atoms with Crippen molar-refractivity contribution < 1.29 is 4.79 Å². The maximum Gasteiger partial charge on any atom is 0.119 e. The molecule has 1 nitrogen and oxygen atoms in total. The van der Waals surface area contributed by atoms with Crippen molar-refractivity contribution in [1.82, 2.24) is 0 Å². The van der Waals surface area contributed by atoms with E-state index in [9.17, 15) is 4.79 Å². The molecular weight excluding hydrogens is 132 g/mol. The van der Waals surface area contributed by atoms with E-state index in [0.29, 0.717) is 0 Å². The fourth-order valence-corrected chi connectivity index (χ4v) is 1.84. The Morgan fingerprint density at radius 3 is 2.78 bits per heavy atom. The number of thioether (sulfide) groups is 1. The largest absolute Gasteiger partial charge is 0.303 e.